The van der Waals surface area contributed by atoms with Crippen molar-refractivity contribution in [2.45, 2.75) is 12.5 Å². The van der Waals surface area contributed by atoms with Gasteiger partial charge in [-0.2, -0.15) is 0 Å². The molecule has 2 aromatic rings. The van der Waals surface area contributed by atoms with E-state index in [1.807, 2.05) is 12.1 Å². The number of hydrogen-bond donors (Lipinski definition) is 2. The van der Waals surface area contributed by atoms with Crippen molar-refractivity contribution in [1.82, 2.24) is 10.4 Å². The van der Waals surface area contributed by atoms with Crippen molar-refractivity contribution in [1.29, 1.82) is 0 Å². The highest BCUT2D eigenvalue weighted by Crippen LogP contribution is 2.28. The lowest BCUT2D eigenvalue weighted by Gasteiger charge is -2.18. The van der Waals surface area contributed by atoms with Crippen molar-refractivity contribution in [3.8, 4) is 0 Å². The molecular formula is C13H13BrFN3. The smallest absolute Gasteiger partial charge is 0.129 e. The Kier molecular flexibility index (Phi) is 4.41. The van der Waals surface area contributed by atoms with E-state index < -0.39 is 0 Å². The zero-order valence-electron chi connectivity index (χ0n) is 9.61. The number of pyridine rings is 1. The second-order valence-electron chi connectivity index (χ2n) is 3.91. The average molecular weight is 310 g/mol. The summed E-state index contributed by atoms with van der Waals surface area (Å²) < 4.78 is 14.6. The standard InChI is InChI=1S/C13H13BrFN3/c14-10-2-1-3-11(15)13(10)12(18-16)8-9-4-6-17-7-5-9/h1-7,12,18H,8,16H2. The molecule has 1 unspecified atom stereocenters. The first kappa shape index (κ1) is 13.1. The molecule has 0 bridgehead atoms. The maximum absolute atomic E-state index is 13.9. The summed E-state index contributed by atoms with van der Waals surface area (Å²) >= 11 is 3.35. The number of nitrogens with one attached hydrogen (secondary N) is 1. The third kappa shape index (κ3) is 2.93. The molecule has 0 aliphatic rings. The van der Waals surface area contributed by atoms with Crippen LogP contribution in [0.5, 0.6) is 0 Å². The minimum absolute atomic E-state index is 0.276. The van der Waals surface area contributed by atoms with Gasteiger partial charge in [-0.15, -0.1) is 0 Å². The van der Waals surface area contributed by atoms with Crippen LogP contribution < -0.4 is 11.3 Å². The van der Waals surface area contributed by atoms with E-state index >= 15 is 0 Å². The summed E-state index contributed by atoms with van der Waals surface area (Å²) in [5.74, 6) is 5.26. The molecular weight excluding hydrogens is 297 g/mol. The van der Waals surface area contributed by atoms with Crippen LogP contribution in [0.2, 0.25) is 0 Å². The van der Waals surface area contributed by atoms with Gasteiger partial charge in [0.1, 0.15) is 5.82 Å². The van der Waals surface area contributed by atoms with E-state index in [-0.39, 0.29) is 11.9 Å². The fourth-order valence-corrected chi connectivity index (χ4v) is 2.46. The fourth-order valence-electron chi connectivity index (χ4n) is 1.84. The fraction of sp³-hybridized carbons (Fsp3) is 0.154. The molecule has 0 aliphatic carbocycles. The van der Waals surface area contributed by atoms with Crippen LogP contribution in [0.4, 0.5) is 4.39 Å². The number of hydrazine groups is 1. The zero-order valence-corrected chi connectivity index (χ0v) is 11.2. The Morgan fingerprint density at radius 1 is 1.28 bits per heavy atom. The summed E-state index contributed by atoms with van der Waals surface area (Å²) in [7, 11) is 0. The highest BCUT2D eigenvalue weighted by molar-refractivity contribution is 9.10. The Balaban J connectivity index is 2.29. The molecule has 0 radical (unpaired) electrons. The molecule has 1 aromatic carbocycles. The molecule has 1 aromatic heterocycles. The molecule has 1 atom stereocenters. The van der Waals surface area contributed by atoms with E-state index in [9.17, 15) is 4.39 Å². The molecule has 0 amide bonds. The predicted molar refractivity (Wildman–Crippen MR) is 72.1 cm³/mol. The van der Waals surface area contributed by atoms with Gasteiger partial charge in [0.15, 0.2) is 0 Å². The molecule has 0 saturated heterocycles. The van der Waals surface area contributed by atoms with Gasteiger partial charge in [-0.1, -0.05) is 22.0 Å². The van der Waals surface area contributed by atoms with Crippen LogP contribution in [0.1, 0.15) is 17.2 Å². The number of nitrogens with two attached hydrogens (primary N) is 1. The molecule has 5 heteroatoms. The molecule has 3 N–H and O–H groups in total. The van der Waals surface area contributed by atoms with Crippen LogP contribution in [0.15, 0.2) is 47.2 Å². The van der Waals surface area contributed by atoms with Gasteiger partial charge < -0.3 is 0 Å². The Labute approximate surface area is 113 Å². The normalized spacial score (nSPS) is 12.4. The van der Waals surface area contributed by atoms with Gasteiger partial charge in [0.05, 0.1) is 6.04 Å². The minimum Gasteiger partial charge on any atom is -0.271 e. The van der Waals surface area contributed by atoms with Gasteiger partial charge in [0.2, 0.25) is 0 Å². The third-order valence-electron chi connectivity index (χ3n) is 2.74. The highest BCUT2D eigenvalue weighted by Gasteiger charge is 2.17. The van der Waals surface area contributed by atoms with Gasteiger partial charge in [0, 0.05) is 22.4 Å². The average Bonchev–Trinajstić information content (AvgIpc) is 2.38. The Morgan fingerprint density at radius 2 is 2.00 bits per heavy atom. The number of nitrogens with zero attached hydrogens (tertiary/aromatic N) is 1. The molecule has 0 spiro atoms. The molecule has 18 heavy (non-hydrogen) atoms. The Hall–Kier alpha value is -1.30. The number of benzene rings is 1. The van der Waals surface area contributed by atoms with Crippen molar-refractivity contribution in [2.24, 2.45) is 5.84 Å². The van der Waals surface area contributed by atoms with Crippen LogP contribution in [-0.2, 0) is 6.42 Å². The SMILES string of the molecule is NNC(Cc1ccncc1)c1c(F)cccc1Br. The largest absolute Gasteiger partial charge is 0.271 e. The summed E-state index contributed by atoms with van der Waals surface area (Å²) in [6.07, 6.45) is 4.01. The van der Waals surface area contributed by atoms with Gasteiger partial charge in [-0.05, 0) is 36.2 Å². The topological polar surface area (TPSA) is 50.9 Å². The van der Waals surface area contributed by atoms with E-state index in [1.165, 1.54) is 6.07 Å². The first-order valence-corrected chi connectivity index (χ1v) is 6.30. The van der Waals surface area contributed by atoms with E-state index in [4.69, 9.17) is 5.84 Å². The zero-order chi connectivity index (χ0) is 13.0. The lowest BCUT2D eigenvalue weighted by Crippen LogP contribution is -2.30. The summed E-state index contributed by atoms with van der Waals surface area (Å²) in [5, 5.41) is 0. The van der Waals surface area contributed by atoms with Gasteiger partial charge >= 0.3 is 0 Å². The monoisotopic (exact) mass is 309 g/mol. The second kappa shape index (κ2) is 6.04. The van der Waals surface area contributed by atoms with E-state index in [2.05, 4.69) is 26.3 Å². The molecule has 94 valence electrons. The van der Waals surface area contributed by atoms with Crippen molar-refractivity contribution < 1.29 is 4.39 Å². The van der Waals surface area contributed by atoms with Gasteiger partial charge in [-0.25, -0.2) is 4.39 Å². The van der Waals surface area contributed by atoms with Crippen LogP contribution in [0.25, 0.3) is 0 Å². The molecule has 0 fully saturated rings. The lowest BCUT2D eigenvalue weighted by molar-refractivity contribution is 0.508. The van der Waals surface area contributed by atoms with Crippen molar-refractivity contribution in [3.05, 3.63) is 64.1 Å². The van der Waals surface area contributed by atoms with Crippen molar-refractivity contribution in [3.63, 3.8) is 0 Å². The summed E-state index contributed by atoms with van der Waals surface area (Å²) in [4.78, 5) is 3.95. The molecule has 0 aliphatic heterocycles. The molecule has 0 saturated carbocycles. The van der Waals surface area contributed by atoms with Crippen molar-refractivity contribution >= 4 is 15.9 Å². The second-order valence-corrected chi connectivity index (χ2v) is 4.77. The maximum atomic E-state index is 13.9. The lowest BCUT2D eigenvalue weighted by atomic mass is 9.99. The van der Waals surface area contributed by atoms with Crippen molar-refractivity contribution in [2.75, 3.05) is 0 Å². The summed E-state index contributed by atoms with van der Waals surface area (Å²) in [6.45, 7) is 0. The third-order valence-corrected chi connectivity index (χ3v) is 3.43. The van der Waals surface area contributed by atoms with E-state index in [1.54, 1.807) is 24.5 Å². The van der Waals surface area contributed by atoms with Crippen LogP contribution in [0.3, 0.4) is 0 Å². The van der Waals surface area contributed by atoms with E-state index in [0.717, 1.165) is 5.56 Å². The van der Waals surface area contributed by atoms with E-state index in [0.29, 0.717) is 16.5 Å². The summed E-state index contributed by atoms with van der Waals surface area (Å²) in [6, 6.07) is 8.37. The molecule has 3 nitrogen and oxygen atoms in total. The quantitative estimate of drug-likeness (QED) is 0.674. The first-order chi connectivity index (χ1) is 8.72. The number of halogens is 2. The number of aromatic nitrogens is 1. The molecule has 2 rings (SSSR count). The minimum atomic E-state index is -0.289. The first-order valence-electron chi connectivity index (χ1n) is 5.51. The Bertz CT molecular complexity index is 499. The Morgan fingerprint density at radius 3 is 2.61 bits per heavy atom. The molecule has 1 heterocycles. The highest BCUT2D eigenvalue weighted by atomic mass is 79.9. The summed E-state index contributed by atoms with van der Waals surface area (Å²) in [5.41, 5.74) is 4.24. The predicted octanol–water partition coefficient (Wildman–Crippen LogP) is 2.73. The van der Waals surface area contributed by atoms with Crippen LogP contribution in [0, 0.1) is 5.82 Å². The maximum Gasteiger partial charge on any atom is 0.129 e. The number of hydrogen-bond acceptors (Lipinski definition) is 3. The van der Waals surface area contributed by atoms with Crippen LogP contribution >= 0.6 is 15.9 Å². The van der Waals surface area contributed by atoms with Gasteiger partial charge in [-0.3, -0.25) is 16.3 Å². The van der Waals surface area contributed by atoms with Gasteiger partial charge in [0.25, 0.3) is 0 Å². The van der Waals surface area contributed by atoms with Crippen LogP contribution in [-0.4, -0.2) is 4.98 Å². The number of rotatable bonds is 4.